The zero-order valence-corrected chi connectivity index (χ0v) is 13.8. The molecule has 132 valence electrons. The number of hydrogen-bond donors (Lipinski definition) is 2. The van der Waals surface area contributed by atoms with Crippen LogP contribution in [0.25, 0.3) is 0 Å². The Balaban J connectivity index is 1.59. The minimum Gasteiger partial charge on any atom is -0.480 e. The van der Waals surface area contributed by atoms with Crippen LogP contribution in [0, 0.1) is 5.82 Å². The summed E-state index contributed by atoms with van der Waals surface area (Å²) in [5, 5.41) is 15.4. The van der Waals surface area contributed by atoms with Gasteiger partial charge in [0.25, 0.3) is 0 Å². The summed E-state index contributed by atoms with van der Waals surface area (Å²) >= 11 is 0. The van der Waals surface area contributed by atoms with E-state index in [2.05, 4.69) is 10.4 Å². The minimum absolute atomic E-state index is 0.146. The third kappa shape index (κ3) is 4.23. The lowest BCUT2D eigenvalue weighted by Crippen LogP contribution is -2.15. The molecule has 2 N–H and O–H groups in total. The first-order valence-corrected chi connectivity index (χ1v) is 8.37. The second-order valence-corrected chi connectivity index (χ2v) is 6.21. The monoisotopic (exact) mass is 345 g/mol. The van der Waals surface area contributed by atoms with Crippen LogP contribution < -0.4 is 5.32 Å². The molecule has 0 saturated heterocycles. The van der Waals surface area contributed by atoms with Gasteiger partial charge >= 0.3 is 5.97 Å². The lowest BCUT2D eigenvalue weighted by molar-refractivity contribution is -0.137. The molecule has 0 unspecified atom stereocenters. The molecule has 0 radical (unpaired) electrons. The number of anilines is 1. The molecule has 2 aromatic rings. The summed E-state index contributed by atoms with van der Waals surface area (Å²) in [6, 6.07) is 4.82. The highest BCUT2D eigenvalue weighted by atomic mass is 19.1. The van der Waals surface area contributed by atoms with Crippen molar-refractivity contribution in [3.63, 3.8) is 0 Å². The molecule has 7 heteroatoms. The van der Waals surface area contributed by atoms with E-state index < -0.39 is 5.97 Å². The van der Waals surface area contributed by atoms with Gasteiger partial charge in [-0.2, -0.15) is 5.10 Å². The van der Waals surface area contributed by atoms with Gasteiger partial charge in [0.15, 0.2) is 5.82 Å². The highest BCUT2D eigenvalue weighted by Crippen LogP contribution is 2.27. The molecule has 0 fully saturated rings. The molecule has 1 aliphatic rings. The first kappa shape index (κ1) is 17.1. The maximum absolute atomic E-state index is 13.9. The molecule has 6 nitrogen and oxygen atoms in total. The van der Waals surface area contributed by atoms with E-state index in [0.29, 0.717) is 12.2 Å². The van der Waals surface area contributed by atoms with Gasteiger partial charge < -0.3 is 10.4 Å². The topological polar surface area (TPSA) is 84.2 Å². The molecular weight excluding hydrogens is 325 g/mol. The summed E-state index contributed by atoms with van der Waals surface area (Å²) in [5.41, 5.74) is 2.89. The Bertz CT molecular complexity index is 801. The van der Waals surface area contributed by atoms with Gasteiger partial charge in [-0.1, -0.05) is 6.07 Å². The van der Waals surface area contributed by atoms with Crippen LogP contribution in [0.1, 0.15) is 36.0 Å². The van der Waals surface area contributed by atoms with Crippen LogP contribution in [-0.2, 0) is 35.4 Å². The number of aromatic nitrogens is 2. The number of rotatable bonds is 6. The van der Waals surface area contributed by atoms with E-state index >= 15 is 0 Å². The molecular formula is C18H20FN3O3. The van der Waals surface area contributed by atoms with Crippen molar-refractivity contribution in [3.05, 3.63) is 46.9 Å². The van der Waals surface area contributed by atoms with Crippen LogP contribution in [0.15, 0.2) is 24.4 Å². The number of carbonyl (C=O) groups excluding carboxylic acids is 1. The van der Waals surface area contributed by atoms with Crippen molar-refractivity contribution in [2.24, 2.45) is 0 Å². The van der Waals surface area contributed by atoms with Crippen molar-refractivity contribution in [2.75, 3.05) is 5.32 Å². The summed E-state index contributed by atoms with van der Waals surface area (Å²) in [6.07, 6.45) is 6.00. The molecule has 1 amide bonds. The number of carboxylic acid groups (broad SMARTS) is 1. The van der Waals surface area contributed by atoms with E-state index in [1.165, 1.54) is 16.9 Å². The highest BCUT2D eigenvalue weighted by molar-refractivity contribution is 5.89. The minimum atomic E-state index is -0.998. The Morgan fingerprint density at radius 1 is 1.20 bits per heavy atom. The molecule has 3 rings (SSSR count). The number of carbonyl (C=O) groups is 2. The molecule has 0 saturated carbocycles. The number of aryl methyl sites for hydroxylation is 1. The van der Waals surface area contributed by atoms with Crippen molar-refractivity contribution in [1.82, 2.24) is 9.78 Å². The number of nitrogens with one attached hydrogen (secondary N) is 1. The van der Waals surface area contributed by atoms with Gasteiger partial charge in [-0.05, 0) is 54.9 Å². The molecule has 1 aromatic carbocycles. The number of aliphatic carboxylic acids is 1. The van der Waals surface area contributed by atoms with Crippen LogP contribution in [0.4, 0.5) is 10.2 Å². The number of amides is 1. The molecule has 0 bridgehead atoms. The van der Waals surface area contributed by atoms with Crippen molar-refractivity contribution in [3.8, 4) is 0 Å². The fraction of sp³-hybridized carbons (Fsp3) is 0.389. The van der Waals surface area contributed by atoms with Crippen molar-refractivity contribution in [2.45, 2.75) is 45.1 Å². The van der Waals surface area contributed by atoms with Crippen LogP contribution in [0.3, 0.4) is 0 Å². The largest absolute Gasteiger partial charge is 0.480 e. The van der Waals surface area contributed by atoms with Gasteiger partial charge in [-0.25, -0.2) is 4.39 Å². The Kier molecular flexibility index (Phi) is 5.11. The van der Waals surface area contributed by atoms with Crippen LogP contribution in [0.5, 0.6) is 0 Å². The van der Waals surface area contributed by atoms with Crippen LogP contribution >= 0.6 is 0 Å². The van der Waals surface area contributed by atoms with E-state index in [-0.39, 0.29) is 24.7 Å². The van der Waals surface area contributed by atoms with Crippen molar-refractivity contribution in [1.29, 1.82) is 0 Å². The first-order valence-electron chi connectivity index (χ1n) is 8.37. The van der Waals surface area contributed by atoms with Gasteiger partial charge in [0.2, 0.25) is 5.91 Å². The van der Waals surface area contributed by atoms with Crippen LogP contribution in [-0.4, -0.2) is 26.8 Å². The predicted molar refractivity (Wildman–Crippen MR) is 89.9 cm³/mol. The number of benzene rings is 1. The summed E-state index contributed by atoms with van der Waals surface area (Å²) in [6.45, 7) is -0.252. The molecule has 25 heavy (non-hydrogen) atoms. The van der Waals surface area contributed by atoms with Gasteiger partial charge in [-0.15, -0.1) is 0 Å². The fourth-order valence-corrected chi connectivity index (χ4v) is 3.24. The summed E-state index contributed by atoms with van der Waals surface area (Å²) in [4.78, 5) is 22.7. The van der Waals surface area contributed by atoms with E-state index in [4.69, 9.17) is 5.11 Å². The zero-order valence-electron chi connectivity index (χ0n) is 13.8. The van der Waals surface area contributed by atoms with Crippen molar-refractivity contribution < 1.29 is 19.1 Å². The third-order valence-electron chi connectivity index (χ3n) is 4.40. The summed E-state index contributed by atoms with van der Waals surface area (Å²) in [7, 11) is 0. The lowest BCUT2D eigenvalue weighted by atomic mass is 9.86. The number of hydrogen-bond acceptors (Lipinski definition) is 3. The molecule has 1 heterocycles. The quantitative estimate of drug-likeness (QED) is 0.843. The Labute approximate surface area is 144 Å². The SMILES string of the molecule is O=C(O)Cn1ccc(NC(=O)CCc2ccc(F)c3c2CCCC3)n1. The molecule has 0 atom stereocenters. The molecule has 1 aromatic heterocycles. The van der Waals surface area contributed by atoms with Gasteiger partial charge in [0, 0.05) is 18.7 Å². The number of carboxylic acids is 1. The third-order valence-corrected chi connectivity index (χ3v) is 4.40. The Morgan fingerprint density at radius 2 is 1.96 bits per heavy atom. The number of fused-ring (bicyclic) bond motifs is 1. The maximum atomic E-state index is 13.9. The smallest absolute Gasteiger partial charge is 0.325 e. The molecule has 0 aliphatic heterocycles. The molecule has 0 spiro atoms. The van der Waals surface area contributed by atoms with E-state index in [9.17, 15) is 14.0 Å². The first-order chi connectivity index (χ1) is 12.0. The average Bonchev–Trinajstić information content (AvgIpc) is 3.00. The van der Waals surface area contributed by atoms with Crippen molar-refractivity contribution >= 4 is 17.7 Å². The Morgan fingerprint density at radius 3 is 2.72 bits per heavy atom. The van der Waals surface area contributed by atoms with Crippen LogP contribution in [0.2, 0.25) is 0 Å². The summed E-state index contributed by atoms with van der Waals surface area (Å²) < 4.78 is 15.1. The normalized spacial score (nSPS) is 13.3. The zero-order chi connectivity index (χ0) is 17.8. The van der Waals surface area contributed by atoms with E-state index in [1.807, 2.05) is 0 Å². The number of halogens is 1. The predicted octanol–water partition coefficient (Wildman–Crippen LogP) is 2.56. The van der Waals surface area contributed by atoms with E-state index in [0.717, 1.165) is 42.4 Å². The van der Waals surface area contributed by atoms with E-state index in [1.54, 1.807) is 12.1 Å². The lowest BCUT2D eigenvalue weighted by Gasteiger charge is -2.20. The molecule has 1 aliphatic carbocycles. The van der Waals surface area contributed by atoms with Gasteiger partial charge in [0.05, 0.1) is 0 Å². The summed E-state index contributed by atoms with van der Waals surface area (Å²) in [5.74, 6) is -1.02. The van der Waals surface area contributed by atoms with Gasteiger partial charge in [0.1, 0.15) is 12.4 Å². The Hall–Kier alpha value is -2.70. The van der Waals surface area contributed by atoms with Gasteiger partial charge in [-0.3, -0.25) is 14.3 Å². The standard InChI is InChI=1S/C18H20FN3O3/c19-15-7-5-12(13-3-1-2-4-14(13)15)6-8-17(23)20-16-9-10-22(21-16)11-18(24)25/h5,7,9-10H,1-4,6,8,11H2,(H,24,25)(H,20,21,23). The second-order valence-electron chi connectivity index (χ2n) is 6.21. The fourth-order valence-electron chi connectivity index (χ4n) is 3.24. The highest BCUT2D eigenvalue weighted by Gasteiger charge is 2.17. The second kappa shape index (κ2) is 7.46. The average molecular weight is 345 g/mol. The maximum Gasteiger partial charge on any atom is 0.325 e. The number of nitrogens with zero attached hydrogens (tertiary/aromatic N) is 2.